The molecule has 0 amide bonds. The van der Waals surface area contributed by atoms with Crippen molar-refractivity contribution in [3.8, 4) is 0 Å². The van der Waals surface area contributed by atoms with Crippen LogP contribution < -0.4 is 5.32 Å². The van der Waals surface area contributed by atoms with Crippen LogP contribution in [0.3, 0.4) is 0 Å². The molecule has 1 aliphatic rings. The highest BCUT2D eigenvalue weighted by molar-refractivity contribution is 6.68. The van der Waals surface area contributed by atoms with E-state index in [0.717, 1.165) is 0 Å². The van der Waals surface area contributed by atoms with Gasteiger partial charge in [0, 0.05) is 6.54 Å². The zero-order valence-electron chi connectivity index (χ0n) is 5.61. The minimum atomic E-state index is -1.57. The van der Waals surface area contributed by atoms with Crippen molar-refractivity contribution in [3.63, 3.8) is 0 Å². The van der Waals surface area contributed by atoms with Crippen molar-refractivity contribution in [3.05, 3.63) is 0 Å². The van der Waals surface area contributed by atoms with Crippen LogP contribution in [0.15, 0.2) is 0 Å². The summed E-state index contributed by atoms with van der Waals surface area (Å²) in [5.41, 5.74) is -1.18. The lowest BCUT2D eigenvalue weighted by molar-refractivity contribution is 0.0655. The molecule has 1 unspecified atom stereocenters. The predicted molar refractivity (Wildman–Crippen MR) is 50.0 cm³/mol. The lowest BCUT2D eigenvalue weighted by atomic mass is 10.1. The van der Waals surface area contributed by atoms with E-state index in [9.17, 15) is 5.11 Å². The van der Waals surface area contributed by atoms with Gasteiger partial charge in [-0.1, -0.05) is 34.8 Å². The Morgan fingerprint density at radius 2 is 1.91 bits per heavy atom. The van der Waals surface area contributed by atoms with Crippen molar-refractivity contribution >= 4 is 47.2 Å². The maximum atomic E-state index is 9.57. The maximum absolute atomic E-state index is 9.57. The topological polar surface area (TPSA) is 32.3 Å². The summed E-state index contributed by atoms with van der Waals surface area (Å²) < 4.78 is -1.57. The van der Waals surface area contributed by atoms with Gasteiger partial charge in [-0.2, -0.15) is 0 Å². The number of hydrogen-bond donors (Lipinski definition) is 2. The zero-order chi connectivity index (χ0) is 7.83. The van der Waals surface area contributed by atoms with Gasteiger partial charge in [0.2, 0.25) is 3.79 Å². The molecule has 68 valence electrons. The fourth-order valence-electron chi connectivity index (χ4n) is 0.921. The molecule has 0 saturated carbocycles. The fourth-order valence-corrected chi connectivity index (χ4v) is 1.40. The summed E-state index contributed by atoms with van der Waals surface area (Å²) in [6.45, 7) is 1.05. The van der Waals surface area contributed by atoms with Gasteiger partial charge in [-0.25, -0.2) is 0 Å². The van der Waals surface area contributed by atoms with Crippen LogP contribution in [-0.2, 0) is 0 Å². The molecule has 0 aromatic carbocycles. The molecule has 1 saturated heterocycles. The largest absolute Gasteiger partial charge is 0.384 e. The summed E-state index contributed by atoms with van der Waals surface area (Å²) >= 11 is 16.6. The fraction of sp³-hybridized carbons (Fsp3) is 1.00. The third-order valence-electron chi connectivity index (χ3n) is 1.66. The number of β-amino-alcohol motifs (C(OH)–C–C–N with tert-alkyl or cyclic N) is 1. The maximum Gasteiger partial charge on any atom is 0.220 e. The molecule has 11 heavy (non-hydrogen) atoms. The lowest BCUT2D eigenvalue weighted by Crippen LogP contribution is -2.44. The third-order valence-corrected chi connectivity index (χ3v) is 2.72. The van der Waals surface area contributed by atoms with Gasteiger partial charge in [0.05, 0.1) is 0 Å². The Labute approximate surface area is 86.6 Å². The Bertz CT molecular complexity index is 129. The Hall–Kier alpha value is 1.08. The van der Waals surface area contributed by atoms with Crippen molar-refractivity contribution in [2.24, 2.45) is 0 Å². The standard InChI is InChI=1S/C5H8Cl3NO.ClH/c6-5(7,8)4(10)1-2-9-3-4;/h9-10H,1-3H2;1H. The van der Waals surface area contributed by atoms with Gasteiger partial charge in [-0.05, 0) is 13.0 Å². The monoisotopic (exact) mass is 239 g/mol. The van der Waals surface area contributed by atoms with Gasteiger partial charge in [0.1, 0.15) is 5.60 Å². The summed E-state index contributed by atoms with van der Waals surface area (Å²) in [4.78, 5) is 0. The molecule has 2 N–H and O–H groups in total. The molecular weight excluding hydrogens is 232 g/mol. The van der Waals surface area contributed by atoms with E-state index in [2.05, 4.69) is 5.32 Å². The number of hydrogen-bond acceptors (Lipinski definition) is 2. The molecule has 0 spiro atoms. The number of alkyl halides is 3. The first kappa shape index (κ1) is 12.1. The molecule has 1 aliphatic heterocycles. The molecule has 0 aromatic rings. The minimum Gasteiger partial charge on any atom is -0.384 e. The van der Waals surface area contributed by atoms with Crippen LogP contribution in [0.25, 0.3) is 0 Å². The number of aliphatic hydroxyl groups is 1. The van der Waals surface area contributed by atoms with Crippen LogP contribution in [0.2, 0.25) is 0 Å². The average Bonchev–Trinajstić information content (AvgIpc) is 2.13. The lowest BCUT2D eigenvalue weighted by Gasteiger charge is -2.28. The van der Waals surface area contributed by atoms with E-state index in [4.69, 9.17) is 34.8 Å². The summed E-state index contributed by atoms with van der Waals surface area (Å²) in [6.07, 6.45) is 0.490. The first-order valence-corrected chi connectivity index (χ1v) is 4.09. The third kappa shape index (κ3) is 2.51. The Morgan fingerprint density at radius 3 is 2.09 bits per heavy atom. The summed E-state index contributed by atoms with van der Waals surface area (Å²) in [5.74, 6) is 0. The normalized spacial score (nSPS) is 31.6. The molecule has 0 bridgehead atoms. The minimum absolute atomic E-state index is 0. The number of nitrogens with one attached hydrogen (secondary N) is 1. The van der Waals surface area contributed by atoms with E-state index in [0.29, 0.717) is 19.5 Å². The van der Waals surface area contributed by atoms with Gasteiger partial charge in [-0.3, -0.25) is 0 Å². The summed E-state index contributed by atoms with van der Waals surface area (Å²) in [7, 11) is 0. The van der Waals surface area contributed by atoms with Crippen LogP contribution >= 0.6 is 47.2 Å². The van der Waals surface area contributed by atoms with Crippen LogP contribution in [0.5, 0.6) is 0 Å². The molecule has 0 radical (unpaired) electrons. The van der Waals surface area contributed by atoms with Crippen molar-refractivity contribution < 1.29 is 5.11 Å². The van der Waals surface area contributed by atoms with Crippen molar-refractivity contribution in [1.29, 1.82) is 0 Å². The molecule has 1 atom stereocenters. The van der Waals surface area contributed by atoms with Crippen LogP contribution in [0.4, 0.5) is 0 Å². The molecule has 2 nitrogen and oxygen atoms in total. The van der Waals surface area contributed by atoms with Crippen LogP contribution in [0, 0.1) is 0 Å². The van der Waals surface area contributed by atoms with E-state index in [-0.39, 0.29) is 12.4 Å². The van der Waals surface area contributed by atoms with E-state index < -0.39 is 9.39 Å². The van der Waals surface area contributed by atoms with Crippen molar-refractivity contribution in [2.45, 2.75) is 15.8 Å². The second kappa shape index (κ2) is 3.86. The zero-order valence-corrected chi connectivity index (χ0v) is 8.69. The Morgan fingerprint density at radius 1 is 1.36 bits per heavy atom. The molecule has 0 aliphatic carbocycles. The second-order valence-corrected chi connectivity index (χ2v) is 4.74. The molecule has 1 rings (SSSR count). The number of rotatable bonds is 0. The first-order valence-electron chi connectivity index (χ1n) is 2.95. The predicted octanol–water partition coefficient (Wildman–Crippen LogP) is 1.50. The number of halogens is 4. The van der Waals surface area contributed by atoms with Gasteiger partial charge in [0.15, 0.2) is 0 Å². The van der Waals surface area contributed by atoms with E-state index >= 15 is 0 Å². The molecule has 6 heteroatoms. The first-order chi connectivity index (χ1) is 4.46. The highest BCUT2D eigenvalue weighted by Gasteiger charge is 2.48. The van der Waals surface area contributed by atoms with Gasteiger partial charge in [-0.15, -0.1) is 12.4 Å². The summed E-state index contributed by atoms with van der Waals surface area (Å²) in [6, 6.07) is 0. The summed E-state index contributed by atoms with van der Waals surface area (Å²) in [5, 5.41) is 12.5. The van der Waals surface area contributed by atoms with Gasteiger partial charge < -0.3 is 10.4 Å². The molecule has 1 heterocycles. The van der Waals surface area contributed by atoms with E-state index in [1.54, 1.807) is 0 Å². The van der Waals surface area contributed by atoms with Crippen LogP contribution in [-0.4, -0.2) is 27.6 Å². The Balaban J connectivity index is 0.000001000. The second-order valence-electron chi connectivity index (χ2n) is 2.46. The van der Waals surface area contributed by atoms with E-state index in [1.807, 2.05) is 0 Å². The van der Waals surface area contributed by atoms with Gasteiger partial charge >= 0.3 is 0 Å². The van der Waals surface area contributed by atoms with Crippen LogP contribution in [0.1, 0.15) is 6.42 Å². The van der Waals surface area contributed by atoms with Gasteiger partial charge in [0.25, 0.3) is 0 Å². The quantitative estimate of drug-likeness (QED) is 0.630. The molecule has 1 fully saturated rings. The molecule has 0 aromatic heterocycles. The van der Waals surface area contributed by atoms with E-state index in [1.165, 1.54) is 0 Å². The SMILES string of the molecule is Cl.OC1(C(Cl)(Cl)Cl)CCNC1. The van der Waals surface area contributed by atoms with Crippen molar-refractivity contribution in [2.75, 3.05) is 13.1 Å². The molecular formula is C5H9Cl4NO. The highest BCUT2D eigenvalue weighted by Crippen LogP contribution is 2.41. The van der Waals surface area contributed by atoms with Crippen molar-refractivity contribution in [1.82, 2.24) is 5.32 Å². The Kier molecular flexibility index (Phi) is 4.24. The highest BCUT2D eigenvalue weighted by atomic mass is 35.6. The average molecular weight is 241 g/mol. The smallest absolute Gasteiger partial charge is 0.220 e.